The molecule has 0 spiro atoms. The Morgan fingerprint density at radius 1 is 1.18 bits per heavy atom. The first-order valence-electron chi connectivity index (χ1n) is 13.2. The van der Waals surface area contributed by atoms with E-state index in [1.54, 1.807) is 44.4 Å². The van der Waals surface area contributed by atoms with Crippen molar-refractivity contribution in [3.05, 3.63) is 69.5 Å². The number of methoxy groups -OCH3 is 1. The number of ether oxygens (including phenoxy) is 1. The molecule has 0 radical (unpaired) electrons. The van der Waals surface area contributed by atoms with Crippen LogP contribution in [0.25, 0.3) is 0 Å². The minimum atomic E-state index is -0.984. The zero-order chi connectivity index (χ0) is 28.6. The van der Waals surface area contributed by atoms with E-state index < -0.39 is 17.3 Å². The predicted octanol–water partition coefficient (Wildman–Crippen LogP) is 4.59. The Morgan fingerprint density at radius 2 is 1.85 bits per heavy atom. The van der Waals surface area contributed by atoms with E-state index in [-0.39, 0.29) is 24.5 Å². The largest absolute Gasteiger partial charge is 0.394 e. The predicted molar refractivity (Wildman–Crippen MR) is 152 cm³/mol. The van der Waals surface area contributed by atoms with Gasteiger partial charge in [-0.1, -0.05) is 41.4 Å². The minimum Gasteiger partial charge on any atom is -0.394 e. The summed E-state index contributed by atoms with van der Waals surface area (Å²) in [6, 6.07) is 10.4. The molecule has 2 atom stereocenters. The van der Waals surface area contributed by atoms with Crippen LogP contribution in [0.3, 0.4) is 0 Å². The number of amides is 2. The number of hydrogen-bond acceptors (Lipinski definition) is 5. The van der Waals surface area contributed by atoms with Crippen LogP contribution < -0.4 is 5.32 Å². The second-order valence-corrected chi connectivity index (χ2v) is 11.1. The lowest BCUT2D eigenvalue weighted by Gasteiger charge is -2.39. The minimum absolute atomic E-state index is 0.0500. The average molecular weight is 583 g/mol. The highest BCUT2D eigenvalue weighted by molar-refractivity contribution is 6.42. The molecule has 0 aromatic heterocycles. The van der Waals surface area contributed by atoms with Crippen molar-refractivity contribution in [2.24, 2.45) is 0 Å². The SMILES string of the molecule is COCCN(C(C)=O)C1CCN(CCC(C)(C(=O)NC(CO)c2ccc(F)cc2)c2ccc(Cl)c(Cl)c2)CC1. The van der Waals surface area contributed by atoms with Gasteiger partial charge >= 0.3 is 0 Å². The quantitative estimate of drug-likeness (QED) is 0.383. The molecule has 1 saturated heterocycles. The molecule has 0 bridgehead atoms. The number of carbonyl (C=O) groups is 2. The van der Waals surface area contributed by atoms with Gasteiger partial charge in [0, 0.05) is 39.7 Å². The maximum absolute atomic E-state index is 13.8. The Morgan fingerprint density at radius 3 is 2.41 bits per heavy atom. The van der Waals surface area contributed by atoms with E-state index in [0.29, 0.717) is 47.3 Å². The topological polar surface area (TPSA) is 82.1 Å². The first kappa shape index (κ1) is 31.3. The highest BCUT2D eigenvalue weighted by atomic mass is 35.5. The first-order valence-corrected chi connectivity index (χ1v) is 14.0. The summed E-state index contributed by atoms with van der Waals surface area (Å²) < 4.78 is 18.6. The van der Waals surface area contributed by atoms with Gasteiger partial charge in [0.2, 0.25) is 11.8 Å². The van der Waals surface area contributed by atoms with Crippen molar-refractivity contribution in [3.63, 3.8) is 0 Å². The van der Waals surface area contributed by atoms with Gasteiger partial charge in [0.05, 0.1) is 34.7 Å². The van der Waals surface area contributed by atoms with Gasteiger partial charge < -0.3 is 25.0 Å². The van der Waals surface area contributed by atoms with Crippen molar-refractivity contribution in [3.8, 4) is 0 Å². The summed E-state index contributed by atoms with van der Waals surface area (Å²) in [5.41, 5.74) is 0.333. The molecule has 2 N–H and O–H groups in total. The number of benzene rings is 2. The van der Waals surface area contributed by atoms with E-state index in [2.05, 4.69) is 10.2 Å². The Bertz CT molecular complexity index is 1110. The van der Waals surface area contributed by atoms with Gasteiger partial charge in [-0.3, -0.25) is 9.59 Å². The van der Waals surface area contributed by atoms with Crippen LogP contribution in [0.5, 0.6) is 0 Å². The van der Waals surface area contributed by atoms with Gasteiger partial charge in [-0.15, -0.1) is 0 Å². The second kappa shape index (κ2) is 14.4. The van der Waals surface area contributed by atoms with E-state index >= 15 is 0 Å². The number of aliphatic hydroxyl groups excluding tert-OH is 1. The summed E-state index contributed by atoms with van der Waals surface area (Å²) in [6.45, 7) is 6.44. The van der Waals surface area contributed by atoms with Crippen molar-refractivity contribution >= 4 is 35.0 Å². The fraction of sp³-hybridized carbons (Fsp3) is 0.517. The number of hydrogen-bond donors (Lipinski definition) is 2. The number of likely N-dealkylation sites (tertiary alicyclic amines) is 1. The molecule has 7 nitrogen and oxygen atoms in total. The molecule has 1 aliphatic heterocycles. The Kier molecular flexibility index (Phi) is 11.6. The molecule has 39 heavy (non-hydrogen) atoms. The summed E-state index contributed by atoms with van der Waals surface area (Å²) in [7, 11) is 1.63. The molecule has 0 aliphatic carbocycles. The van der Waals surface area contributed by atoms with Gasteiger partial charge in [-0.05, 0) is 68.1 Å². The summed E-state index contributed by atoms with van der Waals surface area (Å²) in [5.74, 6) is -0.619. The molecule has 0 saturated carbocycles. The molecular weight excluding hydrogens is 544 g/mol. The fourth-order valence-electron chi connectivity index (χ4n) is 5.10. The smallest absolute Gasteiger partial charge is 0.230 e. The van der Waals surface area contributed by atoms with E-state index in [9.17, 15) is 19.1 Å². The van der Waals surface area contributed by atoms with E-state index in [1.807, 2.05) is 11.8 Å². The van der Waals surface area contributed by atoms with Gasteiger partial charge in [-0.2, -0.15) is 0 Å². The third-order valence-corrected chi connectivity index (χ3v) is 8.42. The third-order valence-electron chi connectivity index (χ3n) is 7.68. The normalized spacial score (nSPS) is 16.9. The van der Waals surface area contributed by atoms with E-state index in [4.69, 9.17) is 27.9 Å². The Labute approximate surface area is 240 Å². The summed E-state index contributed by atoms with van der Waals surface area (Å²) in [5, 5.41) is 13.7. The van der Waals surface area contributed by atoms with Crippen LogP contribution in [0.15, 0.2) is 42.5 Å². The molecule has 1 aliphatic rings. The van der Waals surface area contributed by atoms with Crippen LogP contribution in [0.1, 0.15) is 50.3 Å². The molecule has 10 heteroatoms. The standard InChI is InChI=1S/C29H38Cl2FN3O4/c1-20(37)35(16-17-39-3)24-10-13-34(14-11-24)15-12-29(2,22-6-9-25(30)26(31)18-22)28(38)33-27(19-36)21-4-7-23(32)8-5-21/h4-9,18,24,27,36H,10-17,19H2,1-3H3,(H,33,38). The number of halogens is 3. The first-order chi connectivity index (χ1) is 18.6. The van der Waals surface area contributed by atoms with Gasteiger partial charge in [-0.25, -0.2) is 4.39 Å². The van der Waals surface area contributed by atoms with E-state index in [1.165, 1.54) is 12.1 Å². The van der Waals surface area contributed by atoms with Crippen LogP contribution in [-0.2, 0) is 19.7 Å². The van der Waals surface area contributed by atoms with Crippen LogP contribution in [0.4, 0.5) is 4.39 Å². The molecular formula is C29H38Cl2FN3O4. The van der Waals surface area contributed by atoms with Crippen molar-refractivity contribution < 1.29 is 23.8 Å². The van der Waals surface area contributed by atoms with Crippen molar-refractivity contribution in [1.29, 1.82) is 0 Å². The average Bonchev–Trinajstić information content (AvgIpc) is 2.93. The highest BCUT2D eigenvalue weighted by Crippen LogP contribution is 2.34. The molecule has 1 fully saturated rings. The number of nitrogens with zero attached hydrogens (tertiary/aromatic N) is 2. The van der Waals surface area contributed by atoms with Crippen molar-refractivity contribution in [1.82, 2.24) is 15.1 Å². The number of aliphatic hydroxyl groups is 1. The molecule has 2 unspecified atom stereocenters. The summed E-state index contributed by atoms with van der Waals surface area (Å²) in [6.07, 6.45) is 2.18. The zero-order valence-electron chi connectivity index (χ0n) is 22.8. The van der Waals surface area contributed by atoms with Crippen molar-refractivity contribution in [2.45, 2.75) is 50.6 Å². The number of nitrogens with one attached hydrogen (secondary N) is 1. The lowest BCUT2D eigenvalue weighted by atomic mass is 9.78. The van der Waals surface area contributed by atoms with Gasteiger partial charge in [0.15, 0.2) is 0 Å². The highest BCUT2D eigenvalue weighted by Gasteiger charge is 2.38. The fourth-order valence-corrected chi connectivity index (χ4v) is 5.40. The monoisotopic (exact) mass is 581 g/mol. The van der Waals surface area contributed by atoms with Gasteiger partial charge in [0.25, 0.3) is 0 Å². The Hall–Kier alpha value is -2.23. The summed E-state index contributed by atoms with van der Waals surface area (Å²) in [4.78, 5) is 30.2. The Balaban J connectivity index is 1.74. The van der Waals surface area contributed by atoms with Crippen LogP contribution in [0.2, 0.25) is 10.0 Å². The molecule has 2 aromatic rings. The van der Waals surface area contributed by atoms with E-state index in [0.717, 1.165) is 25.9 Å². The van der Waals surface area contributed by atoms with Crippen LogP contribution in [-0.4, -0.2) is 79.3 Å². The second-order valence-electron chi connectivity index (χ2n) is 10.2. The number of piperidine rings is 1. The van der Waals surface area contributed by atoms with Gasteiger partial charge in [0.1, 0.15) is 5.82 Å². The zero-order valence-corrected chi connectivity index (χ0v) is 24.3. The molecule has 2 aromatic carbocycles. The molecule has 2 amide bonds. The number of carbonyl (C=O) groups excluding carboxylic acids is 2. The third kappa shape index (κ3) is 8.14. The van der Waals surface area contributed by atoms with Crippen LogP contribution >= 0.6 is 23.2 Å². The molecule has 1 heterocycles. The lowest BCUT2D eigenvalue weighted by Crippen LogP contribution is -2.50. The van der Waals surface area contributed by atoms with Crippen LogP contribution in [0, 0.1) is 5.82 Å². The maximum Gasteiger partial charge on any atom is 0.230 e. The van der Waals surface area contributed by atoms with Crippen molar-refractivity contribution in [2.75, 3.05) is 46.5 Å². The lowest BCUT2D eigenvalue weighted by molar-refractivity contribution is -0.133. The molecule has 214 valence electrons. The summed E-state index contributed by atoms with van der Waals surface area (Å²) >= 11 is 12.5. The maximum atomic E-state index is 13.8. The molecule has 3 rings (SSSR count). The number of rotatable bonds is 12.